The SMILES string of the molecule is Cc1nnc(N(C)CC2CCCOC2)c(C#N)c1C. The Morgan fingerprint density at radius 1 is 1.42 bits per heavy atom. The highest BCUT2D eigenvalue weighted by Crippen LogP contribution is 2.22. The van der Waals surface area contributed by atoms with Crippen molar-refractivity contribution in [3.05, 3.63) is 16.8 Å². The Labute approximate surface area is 114 Å². The minimum atomic E-state index is 0.508. The van der Waals surface area contributed by atoms with Crippen LogP contribution in [-0.4, -0.2) is 37.0 Å². The summed E-state index contributed by atoms with van der Waals surface area (Å²) in [6.45, 7) is 6.31. The second-order valence-corrected chi connectivity index (χ2v) is 5.18. The highest BCUT2D eigenvalue weighted by molar-refractivity contribution is 5.57. The lowest BCUT2D eigenvalue weighted by Crippen LogP contribution is -2.32. The van der Waals surface area contributed by atoms with E-state index in [0.29, 0.717) is 17.3 Å². The van der Waals surface area contributed by atoms with E-state index in [1.54, 1.807) is 0 Å². The zero-order valence-electron chi connectivity index (χ0n) is 11.8. The highest BCUT2D eigenvalue weighted by Gasteiger charge is 2.20. The summed E-state index contributed by atoms with van der Waals surface area (Å²) in [5.41, 5.74) is 2.36. The van der Waals surface area contributed by atoms with Gasteiger partial charge in [-0.2, -0.15) is 10.4 Å². The van der Waals surface area contributed by atoms with Crippen LogP contribution in [0.25, 0.3) is 0 Å². The summed E-state index contributed by atoms with van der Waals surface area (Å²) < 4.78 is 5.49. The molecule has 1 aliphatic rings. The third-order valence-electron chi connectivity index (χ3n) is 3.70. The van der Waals surface area contributed by atoms with E-state index in [4.69, 9.17) is 4.74 Å². The minimum Gasteiger partial charge on any atom is -0.381 e. The zero-order valence-corrected chi connectivity index (χ0v) is 11.8. The summed E-state index contributed by atoms with van der Waals surface area (Å²) in [5, 5.41) is 17.6. The van der Waals surface area contributed by atoms with Crippen LogP contribution >= 0.6 is 0 Å². The molecule has 1 atom stereocenters. The average molecular weight is 260 g/mol. The fraction of sp³-hybridized carbons (Fsp3) is 0.643. The molecule has 1 aromatic rings. The van der Waals surface area contributed by atoms with E-state index in [-0.39, 0.29) is 0 Å². The number of nitrogens with zero attached hydrogens (tertiary/aromatic N) is 4. The van der Waals surface area contributed by atoms with Gasteiger partial charge in [-0.25, -0.2) is 0 Å². The first kappa shape index (κ1) is 13.8. The maximum Gasteiger partial charge on any atom is 0.169 e. The van der Waals surface area contributed by atoms with Crippen LogP contribution in [0.3, 0.4) is 0 Å². The summed E-state index contributed by atoms with van der Waals surface area (Å²) in [7, 11) is 1.97. The quantitative estimate of drug-likeness (QED) is 0.829. The molecule has 0 amide bonds. The van der Waals surface area contributed by atoms with Crippen molar-refractivity contribution in [2.24, 2.45) is 5.92 Å². The molecule has 0 aliphatic carbocycles. The molecule has 1 saturated heterocycles. The Kier molecular flexibility index (Phi) is 4.33. The maximum absolute atomic E-state index is 9.31. The minimum absolute atomic E-state index is 0.508. The van der Waals surface area contributed by atoms with Crippen molar-refractivity contribution in [1.82, 2.24) is 10.2 Å². The van der Waals surface area contributed by atoms with E-state index >= 15 is 0 Å². The fourth-order valence-corrected chi connectivity index (χ4v) is 2.42. The number of ether oxygens (including phenoxy) is 1. The van der Waals surface area contributed by atoms with Crippen molar-refractivity contribution in [3.8, 4) is 6.07 Å². The van der Waals surface area contributed by atoms with Crippen molar-refractivity contribution < 1.29 is 4.74 Å². The molecule has 2 heterocycles. The molecule has 1 fully saturated rings. The Balaban J connectivity index is 2.16. The first-order chi connectivity index (χ1) is 9.13. The number of anilines is 1. The lowest BCUT2D eigenvalue weighted by Gasteiger charge is -2.28. The van der Waals surface area contributed by atoms with Gasteiger partial charge >= 0.3 is 0 Å². The first-order valence-electron chi connectivity index (χ1n) is 6.66. The molecule has 0 N–H and O–H groups in total. The second-order valence-electron chi connectivity index (χ2n) is 5.18. The molecule has 102 valence electrons. The molecule has 0 aromatic carbocycles. The molecular formula is C14H20N4O. The molecular weight excluding hydrogens is 240 g/mol. The lowest BCUT2D eigenvalue weighted by molar-refractivity contribution is 0.0576. The normalized spacial score (nSPS) is 18.9. The summed E-state index contributed by atoms with van der Waals surface area (Å²) in [4.78, 5) is 2.03. The maximum atomic E-state index is 9.31. The summed E-state index contributed by atoms with van der Waals surface area (Å²) in [5.74, 6) is 1.19. The summed E-state index contributed by atoms with van der Waals surface area (Å²) >= 11 is 0. The molecule has 0 spiro atoms. The van der Waals surface area contributed by atoms with Crippen molar-refractivity contribution >= 4 is 5.82 Å². The van der Waals surface area contributed by atoms with Crippen molar-refractivity contribution in [2.75, 3.05) is 31.7 Å². The third-order valence-corrected chi connectivity index (χ3v) is 3.70. The molecule has 0 radical (unpaired) electrons. The van der Waals surface area contributed by atoms with Gasteiger partial charge in [0.25, 0.3) is 0 Å². The number of rotatable bonds is 3. The van der Waals surface area contributed by atoms with Crippen LogP contribution in [-0.2, 0) is 4.74 Å². The van der Waals surface area contributed by atoms with Crippen LogP contribution in [0.1, 0.15) is 29.7 Å². The average Bonchev–Trinajstić information content (AvgIpc) is 2.42. The van der Waals surface area contributed by atoms with Crippen LogP contribution in [0.4, 0.5) is 5.82 Å². The number of aryl methyl sites for hydroxylation is 1. The summed E-state index contributed by atoms with van der Waals surface area (Å²) in [6, 6.07) is 2.25. The van der Waals surface area contributed by atoms with E-state index in [9.17, 15) is 5.26 Å². The van der Waals surface area contributed by atoms with Crippen LogP contribution in [0.15, 0.2) is 0 Å². The van der Waals surface area contributed by atoms with Crippen LogP contribution in [0, 0.1) is 31.1 Å². The number of hydrogen-bond acceptors (Lipinski definition) is 5. The predicted molar refractivity (Wildman–Crippen MR) is 73.0 cm³/mol. The van der Waals surface area contributed by atoms with E-state index < -0.39 is 0 Å². The van der Waals surface area contributed by atoms with Gasteiger partial charge in [-0.3, -0.25) is 0 Å². The smallest absolute Gasteiger partial charge is 0.169 e. The molecule has 2 rings (SSSR count). The van der Waals surface area contributed by atoms with Crippen molar-refractivity contribution in [1.29, 1.82) is 5.26 Å². The van der Waals surface area contributed by atoms with Crippen molar-refractivity contribution in [2.45, 2.75) is 26.7 Å². The number of hydrogen-bond donors (Lipinski definition) is 0. The third kappa shape index (κ3) is 3.02. The fourth-order valence-electron chi connectivity index (χ4n) is 2.42. The topological polar surface area (TPSA) is 62.0 Å². The predicted octanol–water partition coefficient (Wildman–Crippen LogP) is 1.83. The second kappa shape index (κ2) is 5.98. The van der Waals surface area contributed by atoms with Crippen LogP contribution in [0.2, 0.25) is 0 Å². The largest absolute Gasteiger partial charge is 0.381 e. The molecule has 5 nitrogen and oxygen atoms in total. The van der Waals surface area contributed by atoms with Gasteiger partial charge in [-0.15, -0.1) is 5.10 Å². The molecule has 1 unspecified atom stereocenters. The Hall–Kier alpha value is -1.67. The Morgan fingerprint density at radius 2 is 2.21 bits per heavy atom. The van der Waals surface area contributed by atoms with Gasteiger partial charge in [0, 0.05) is 20.2 Å². The lowest BCUT2D eigenvalue weighted by atomic mass is 10.0. The van der Waals surface area contributed by atoms with Gasteiger partial charge in [0.05, 0.1) is 12.3 Å². The molecule has 0 bridgehead atoms. The Bertz CT molecular complexity index is 489. The van der Waals surface area contributed by atoms with Gasteiger partial charge in [-0.1, -0.05) is 0 Å². The van der Waals surface area contributed by atoms with Gasteiger partial charge in [0.1, 0.15) is 11.6 Å². The number of nitriles is 1. The van der Waals surface area contributed by atoms with Gasteiger partial charge in [0.15, 0.2) is 5.82 Å². The Morgan fingerprint density at radius 3 is 2.84 bits per heavy atom. The molecule has 19 heavy (non-hydrogen) atoms. The highest BCUT2D eigenvalue weighted by atomic mass is 16.5. The standard InChI is InChI=1S/C14H20N4O/c1-10-11(2)16-17-14(13(10)7-15)18(3)8-12-5-4-6-19-9-12/h12H,4-6,8-9H2,1-3H3. The molecule has 1 aliphatic heterocycles. The van der Waals surface area contributed by atoms with Crippen molar-refractivity contribution in [3.63, 3.8) is 0 Å². The van der Waals surface area contributed by atoms with Gasteiger partial charge in [0.2, 0.25) is 0 Å². The number of aromatic nitrogens is 2. The van der Waals surface area contributed by atoms with E-state index in [2.05, 4.69) is 16.3 Å². The van der Waals surface area contributed by atoms with E-state index in [1.165, 1.54) is 6.42 Å². The zero-order chi connectivity index (χ0) is 13.8. The van der Waals surface area contributed by atoms with Gasteiger partial charge < -0.3 is 9.64 Å². The molecule has 5 heteroatoms. The van der Waals surface area contributed by atoms with Crippen LogP contribution < -0.4 is 4.90 Å². The first-order valence-corrected chi connectivity index (χ1v) is 6.66. The summed E-state index contributed by atoms with van der Waals surface area (Å²) in [6.07, 6.45) is 2.28. The molecule has 1 aromatic heterocycles. The van der Waals surface area contributed by atoms with E-state index in [0.717, 1.165) is 37.4 Å². The van der Waals surface area contributed by atoms with E-state index in [1.807, 2.05) is 25.8 Å². The van der Waals surface area contributed by atoms with Crippen LogP contribution in [0.5, 0.6) is 0 Å². The molecule has 0 saturated carbocycles. The van der Waals surface area contributed by atoms with Gasteiger partial charge in [-0.05, 0) is 38.2 Å². The monoisotopic (exact) mass is 260 g/mol.